The van der Waals surface area contributed by atoms with Gasteiger partial charge in [-0.1, -0.05) is 6.92 Å². The minimum absolute atomic E-state index is 0.0148. The van der Waals surface area contributed by atoms with E-state index in [0.29, 0.717) is 32.5 Å². The fourth-order valence-corrected chi connectivity index (χ4v) is 3.93. The molecule has 5 nitrogen and oxygen atoms in total. The average Bonchev–Trinajstić information content (AvgIpc) is 2.57. The molecule has 0 unspecified atom stereocenters. The Morgan fingerprint density at radius 3 is 2.44 bits per heavy atom. The van der Waals surface area contributed by atoms with E-state index in [9.17, 15) is 22.5 Å². The maximum atomic E-state index is 14.7. The molecule has 0 N–H and O–H groups in total. The molecule has 0 amide bonds. The molecule has 1 aromatic rings. The lowest BCUT2D eigenvalue weighted by atomic mass is 9.75. The van der Waals surface area contributed by atoms with Crippen molar-refractivity contribution in [1.82, 2.24) is 4.31 Å². The molecule has 1 heterocycles. The number of nitriles is 1. The highest BCUT2D eigenvalue weighted by Crippen LogP contribution is 2.36. The van der Waals surface area contributed by atoms with Crippen LogP contribution in [0.4, 0.5) is 8.78 Å². The van der Waals surface area contributed by atoms with E-state index in [1.165, 1.54) is 0 Å². The molecule has 1 aliphatic rings. The van der Waals surface area contributed by atoms with E-state index in [4.69, 9.17) is 4.74 Å². The predicted octanol–water partition coefficient (Wildman–Crippen LogP) is 2.71. The van der Waals surface area contributed by atoms with Crippen molar-refractivity contribution in [3.63, 3.8) is 0 Å². The molecule has 0 atom stereocenters. The molecule has 1 aromatic carbocycles. The van der Waals surface area contributed by atoms with Crippen molar-refractivity contribution in [1.29, 1.82) is 5.26 Å². The zero-order valence-corrected chi connectivity index (χ0v) is 15.2. The SMILES string of the molecule is CCCN(Cc1cc(F)c(C2(C#N)CCOCC2)cc1F)S(C)(=O)=O. The molecule has 0 radical (unpaired) electrons. The summed E-state index contributed by atoms with van der Waals surface area (Å²) >= 11 is 0. The summed E-state index contributed by atoms with van der Waals surface area (Å²) in [4.78, 5) is 0. The molecular formula is C17H22F2N2O3S. The number of benzene rings is 1. The van der Waals surface area contributed by atoms with Crippen molar-refractivity contribution < 1.29 is 21.9 Å². The average molecular weight is 372 g/mol. The molecule has 0 saturated carbocycles. The van der Waals surface area contributed by atoms with Crippen LogP contribution in [0.2, 0.25) is 0 Å². The van der Waals surface area contributed by atoms with Gasteiger partial charge in [-0.2, -0.15) is 9.57 Å². The monoisotopic (exact) mass is 372 g/mol. The Labute approximate surface area is 147 Å². The van der Waals surface area contributed by atoms with E-state index in [-0.39, 0.29) is 24.2 Å². The smallest absolute Gasteiger partial charge is 0.211 e. The highest BCUT2D eigenvalue weighted by atomic mass is 32.2. The van der Waals surface area contributed by atoms with E-state index in [2.05, 4.69) is 6.07 Å². The van der Waals surface area contributed by atoms with Crippen molar-refractivity contribution in [2.75, 3.05) is 26.0 Å². The predicted molar refractivity (Wildman–Crippen MR) is 89.2 cm³/mol. The quantitative estimate of drug-likeness (QED) is 0.770. The Morgan fingerprint density at radius 2 is 1.92 bits per heavy atom. The van der Waals surface area contributed by atoms with Gasteiger partial charge in [0.1, 0.15) is 11.6 Å². The van der Waals surface area contributed by atoms with Crippen LogP contribution in [0.15, 0.2) is 12.1 Å². The normalized spacial score (nSPS) is 17.4. The third-order valence-electron chi connectivity index (χ3n) is 4.50. The summed E-state index contributed by atoms with van der Waals surface area (Å²) in [7, 11) is -3.53. The van der Waals surface area contributed by atoms with Gasteiger partial charge in [-0.15, -0.1) is 0 Å². The highest BCUT2D eigenvalue weighted by Gasteiger charge is 2.37. The molecule has 0 aliphatic carbocycles. The van der Waals surface area contributed by atoms with Crippen LogP contribution in [-0.4, -0.2) is 38.7 Å². The molecule has 138 valence electrons. The number of ether oxygens (including phenoxy) is 1. The molecule has 1 aliphatic heterocycles. The van der Waals surface area contributed by atoms with E-state index >= 15 is 0 Å². The molecule has 0 aromatic heterocycles. The zero-order chi connectivity index (χ0) is 18.7. The van der Waals surface area contributed by atoms with Crippen LogP contribution in [0.25, 0.3) is 0 Å². The van der Waals surface area contributed by atoms with Crippen molar-refractivity contribution in [3.8, 4) is 6.07 Å². The maximum absolute atomic E-state index is 14.7. The molecule has 2 rings (SSSR count). The van der Waals surface area contributed by atoms with Crippen molar-refractivity contribution in [2.24, 2.45) is 0 Å². The summed E-state index contributed by atoms with van der Waals surface area (Å²) in [6, 6.07) is 4.15. The van der Waals surface area contributed by atoms with Gasteiger partial charge in [-0.3, -0.25) is 0 Å². The van der Waals surface area contributed by atoms with Crippen molar-refractivity contribution in [3.05, 3.63) is 34.9 Å². The Hall–Kier alpha value is -1.56. The van der Waals surface area contributed by atoms with Crippen LogP contribution in [0.3, 0.4) is 0 Å². The van der Waals surface area contributed by atoms with E-state index in [1.54, 1.807) is 6.92 Å². The summed E-state index contributed by atoms with van der Waals surface area (Å²) in [5.41, 5.74) is -1.14. The van der Waals surface area contributed by atoms with E-state index in [0.717, 1.165) is 22.7 Å². The van der Waals surface area contributed by atoms with Crippen LogP contribution < -0.4 is 0 Å². The van der Waals surface area contributed by atoms with Crippen LogP contribution in [0.1, 0.15) is 37.3 Å². The minimum Gasteiger partial charge on any atom is -0.381 e. The van der Waals surface area contributed by atoms with Gasteiger partial charge >= 0.3 is 0 Å². The number of nitrogens with zero attached hydrogens (tertiary/aromatic N) is 2. The van der Waals surface area contributed by atoms with Gasteiger partial charge in [-0.25, -0.2) is 17.2 Å². The van der Waals surface area contributed by atoms with E-state index < -0.39 is 27.1 Å². The van der Waals surface area contributed by atoms with Gasteiger partial charge in [0.15, 0.2) is 0 Å². The first kappa shape index (κ1) is 19.8. The summed E-state index contributed by atoms with van der Waals surface area (Å²) in [5.74, 6) is -1.40. The van der Waals surface area contributed by atoms with Gasteiger partial charge in [0.2, 0.25) is 10.0 Å². The van der Waals surface area contributed by atoms with Gasteiger partial charge in [-0.05, 0) is 31.4 Å². The molecule has 1 fully saturated rings. The minimum atomic E-state index is -3.53. The van der Waals surface area contributed by atoms with Crippen LogP contribution in [-0.2, 0) is 26.7 Å². The standard InChI is InChI=1S/C17H22F2N2O3S/c1-3-6-21(25(2,22)23)11-13-9-16(19)14(10-15(13)18)17(12-20)4-7-24-8-5-17/h9-10H,3-8,11H2,1-2H3. The Bertz CT molecular complexity index is 769. The third-order valence-corrected chi connectivity index (χ3v) is 5.75. The first-order valence-electron chi connectivity index (χ1n) is 8.16. The van der Waals surface area contributed by atoms with Gasteiger partial charge in [0.05, 0.1) is 17.7 Å². The number of sulfonamides is 1. The lowest BCUT2D eigenvalue weighted by Crippen LogP contribution is -2.34. The largest absolute Gasteiger partial charge is 0.381 e. The fourth-order valence-electron chi connectivity index (χ4n) is 3.04. The summed E-state index contributed by atoms with van der Waals surface area (Å²) < 4.78 is 59.1. The topological polar surface area (TPSA) is 70.4 Å². The lowest BCUT2D eigenvalue weighted by Gasteiger charge is -2.31. The zero-order valence-electron chi connectivity index (χ0n) is 14.4. The number of hydrogen-bond acceptors (Lipinski definition) is 4. The van der Waals surface area contributed by atoms with Gasteiger partial charge in [0.25, 0.3) is 0 Å². The van der Waals surface area contributed by atoms with E-state index in [1.807, 2.05) is 0 Å². The molecule has 0 spiro atoms. The summed E-state index contributed by atoms with van der Waals surface area (Å²) in [5, 5.41) is 9.52. The number of hydrogen-bond donors (Lipinski definition) is 0. The second-order valence-corrected chi connectivity index (χ2v) is 8.31. The van der Waals surface area contributed by atoms with Crippen molar-refractivity contribution >= 4 is 10.0 Å². The first-order chi connectivity index (χ1) is 11.7. The molecule has 0 bridgehead atoms. The van der Waals surface area contributed by atoms with Gasteiger partial charge in [0, 0.05) is 37.4 Å². The Balaban J connectivity index is 2.38. The Kier molecular flexibility index (Phi) is 6.14. The molecule has 1 saturated heterocycles. The number of halogens is 2. The molecular weight excluding hydrogens is 350 g/mol. The van der Waals surface area contributed by atoms with Crippen LogP contribution in [0, 0.1) is 23.0 Å². The van der Waals surface area contributed by atoms with Crippen LogP contribution >= 0.6 is 0 Å². The second-order valence-electron chi connectivity index (χ2n) is 6.33. The first-order valence-corrected chi connectivity index (χ1v) is 10.0. The second kappa shape index (κ2) is 7.77. The number of rotatable bonds is 6. The van der Waals surface area contributed by atoms with Gasteiger partial charge < -0.3 is 4.74 Å². The maximum Gasteiger partial charge on any atom is 0.211 e. The van der Waals surface area contributed by atoms with Crippen LogP contribution in [0.5, 0.6) is 0 Å². The third kappa shape index (κ3) is 4.35. The Morgan fingerprint density at radius 1 is 1.28 bits per heavy atom. The summed E-state index contributed by atoms with van der Waals surface area (Å²) in [6.07, 6.45) is 2.19. The molecule has 25 heavy (non-hydrogen) atoms. The molecule has 8 heteroatoms. The fraction of sp³-hybridized carbons (Fsp3) is 0.588. The van der Waals surface area contributed by atoms with Crippen molar-refractivity contribution in [2.45, 2.75) is 38.1 Å². The highest BCUT2D eigenvalue weighted by molar-refractivity contribution is 7.88. The summed E-state index contributed by atoms with van der Waals surface area (Å²) in [6.45, 7) is 2.42. The lowest BCUT2D eigenvalue weighted by molar-refractivity contribution is 0.0664.